The number of benzene rings is 1. The largest absolute Gasteiger partial charge is 0.354 e. The first-order valence-corrected chi connectivity index (χ1v) is 8.99. The molecule has 0 saturated carbocycles. The SMILES string of the molecule is C=C/C(=C\C=C(/C)C1CCCN1)c1[nH]c2cccc3c2c1CONC3=O. The van der Waals surface area contributed by atoms with E-state index < -0.39 is 0 Å². The number of hydrogen-bond acceptors (Lipinski definition) is 3. The second-order valence-electron chi connectivity index (χ2n) is 6.81. The fraction of sp³-hybridized carbons (Fsp3) is 0.286. The van der Waals surface area contributed by atoms with Crippen LogP contribution in [-0.2, 0) is 11.4 Å². The molecule has 1 saturated heterocycles. The van der Waals surface area contributed by atoms with E-state index in [1.54, 1.807) is 0 Å². The van der Waals surface area contributed by atoms with E-state index in [4.69, 9.17) is 4.84 Å². The summed E-state index contributed by atoms with van der Waals surface area (Å²) in [4.78, 5) is 21.0. The molecule has 0 radical (unpaired) electrons. The van der Waals surface area contributed by atoms with Gasteiger partial charge in [0.15, 0.2) is 0 Å². The smallest absolute Gasteiger partial charge is 0.275 e. The number of nitrogens with one attached hydrogen (secondary N) is 3. The van der Waals surface area contributed by atoms with Gasteiger partial charge in [0.2, 0.25) is 0 Å². The molecular weight excluding hydrogens is 326 g/mol. The Kier molecular flexibility index (Phi) is 4.49. The van der Waals surface area contributed by atoms with Crippen LogP contribution in [0.2, 0.25) is 0 Å². The average Bonchev–Trinajstić information content (AvgIpc) is 3.27. The number of H-pyrrole nitrogens is 1. The second-order valence-corrected chi connectivity index (χ2v) is 6.81. The first-order valence-electron chi connectivity index (χ1n) is 8.99. The van der Waals surface area contributed by atoms with E-state index in [-0.39, 0.29) is 5.91 Å². The molecule has 0 bridgehead atoms. The number of hydroxylamine groups is 1. The van der Waals surface area contributed by atoms with Crippen LogP contribution in [0.4, 0.5) is 0 Å². The maximum Gasteiger partial charge on any atom is 0.275 e. The Morgan fingerprint density at radius 2 is 2.23 bits per heavy atom. The van der Waals surface area contributed by atoms with Gasteiger partial charge in [-0.2, -0.15) is 0 Å². The minimum atomic E-state index is -0.216. The Morgan fingerprint density at radius 3 is 3.00 bits per heavy atom. The van der Waals surface area contributed by atoms with Gasteiger partial charge in [0, 0.05) is 22.5 Å². The number of aromatic nitrogens is 1. The molecule has 0 aliphatic carbocycles. The van der Waals surface area contributed by atoms with Crippen LogP contribution in [0.25, 0.3) is 16.5 Å². The van der Waals surface area contributed by atoms with E-state index >= 15 is 0 Å². The highest BCUT2D eigenvalue weighted by Crippen LogP contribution is 2.32. The predicted octanol–water partition coefficient (Wildman–Crippen LogP) is 3.61. The second kappa shape index (κ2) is 6.94. The van der Waals surface area contributed by atoms with Crippen LogP contribution in [0.15, 0.2) is 48.6 Å². The fourth-order valence-corrected chi connectivity index (χ4v) is 3.79. The predicted molar refractivity (Wildman–Crippen MR) is 104 cm³/mol. The van der Waals surface area contributed by atoms with Crippen molar-refractivity contribution in [1.29, 1.82) is 0 Å². The quantitative estimate of drug-likeness (QED) is 0.739. The van der Waals surface area contributed by atoms with Crippen LogP contribution in [0.3, 0.4) is 0 Å². The van der Waals surface area contributed by atoms with Crippen LogP contribution < -0.4 is 10.8 Å². The monoisotopic (exact) mass is 349 g/mol. The molecule has 5 nitrogen and oxygen atoms in total. The number of amides is 1. The molecule has 26 heavy (non-hydrogen) atoms. The van der Waals surface area contributed by atoms with Gasteiger partial charge in [-0.1, -0.05) is 36.4 Å². The van der Waals surface area contributed by atoms with Gasteiger partial charge in [0.25, 0.3) is 5.91 Å². The summed E-state index contributed by atoms with van der Waals surface area (Å²) in [5.41, 5.74) is 8.27. The molecule has 4 rings (SSSR count). The summed E-state index contributed by atoms with van der Waals surface area (Å²) in [6, 6.07) is 6.13. The lowest BCUT2D eigenvalue weighted by atomic mass is 10.0. The highest BCUT2D eigenvalue weighted by molar-refractivity contribution is 6.09. The summed E-state index contributed by atoms with van der Waals surface area (Å²) in [7, 11) is 0. The van der Waals surface area contributed by atoms with Gasteiger partial charge >= 0.3 is 0 Å². The zero-order chi connectivity index (χ0) is 18.1. The minimum absolute atomic E-state index is 0.216. The Balaban J connectivity index is 1.79. The third-order valence-corrected chi connectivity index (χ3v) is 5.20. The number of rotatable bonds is 4. The Labute approximate surface area is 152 Å². The first kappa shape index (κ1) is 16.8. The first-order chi connectivity index (χ1) is 12.7. The van der Waals surface area contributed by atoms with Crippen molar-refractivity contribution < 1.29 is 9.63 Å². The maximum absolute atomic E-state index is 12.2. The molecule has 1 amide bonds. The molecule has 2 aliphatic heterocycles. The van der Waals surface area contributed by atoms with Crippen LogP contribution in [0.1, 0.15) is 41.4 Å². The van der Waals surface area contributed by atoms with Crippen molar-refractivity contribution in [3.8, 4) is 0 Å². The Morgan fingerprint density at radius 1 is 1.35 bits per heavy atom. The zero-order valence-electron chi connectivity index (χ0n) is 14.9. The number of allylic oxidation sites excluding steroid dienone is 4. The third kappa shape index (κ3) is 2.89. The van der Waals surface area contributed by atoms with Crippen molar-refractivity contribution in [2.24, 2.45) is 0 Å². The summed E-state index contributed by atoms with van der Waals surface area (Å²) in [5.74, 6) is -0.216. The van der Waals surface area contributed by atoms with E-state index in [0.29, 0.717) is 18.2 Å². The van der Waals surface area contributed by atoms with E-state index in [9.17, 15) is 4.79 Å². The lowest BCUT2D eigenvalue weighted by Crippen LogP contribution is -2.22. The van der Waals surface area contributed by atoms with Crippen molar-refractivity contribution in [1.82, 2.24) is 15.8 Å². The topological polar surface area (TPSA) is 66.2 Å². The normalized spacial score (nSPS) is 21.0. The molecule has 134 valence electrons. The Hall–Kier alpha value is -2.63. The van der Waals surface area contributed by atoms with Gasteiger partial charge in [-0.25, -0.2) is 5.48 Å². The maximum atomic E-state index is 12.2. The van der Waals surface area contributed by atoms with Crippen molar-refractivity contribution in [3.63, 3.8) is 0 Å². The van der Waals surface area contributed by atoms with Gasteiger partial charge in [-0.05, 0) is 44.0 Å². The molecule has 1 unspecified atom stereocenters. The zero-order valence-corrected chi connectivity index (χ0v) is 14.9. The number of carbonyl (C=O) groups excluding carboxylic acids is 1. The summed E-state index contributed by atoms with van der Waals surface area (Å²) in [5, 5.41) is 4.43. The van der Waals surface area contributed by atoms with Crippen LogP contribution in [0, 0.1) is 0 Å². The molecular formula is C21H23N3O2. The van der Waals surface area contributed by atoms with Crippen molar-refractivity contribution in [2.75, 3.05) is 6.54 Å². The van der Waals surface area contributed by atoms with Gasteiger partial charge in [0.05, 0.1) is 11.3 Å². The number of hydrogen-bond donors (Lipinski definition) is 3. The third-order valence-electron chi connectivity index (χ3n) is 5.20. The van der Waals surface area contributed by atoms with Crippen molar-refractivity contribution >= 4 is 22.4 Å². The van der Waals surface area contributed by atoms with Gasteiger partial charge in [-0.15, -0.1) is 0 Å². The van der Waals surface area contributed by atoms with Crippen molar-refractivity contribution in [2.45, 2.75) is 32.4 Å². The fourth-order valence-electron chi connectivity index (χ4n) is 3.79. The molecule has 2 aliphatic rings. The highest BCUT2D eigenvalue weighted by atomic mass is 16.6. The summed E-state index contributed by atoms with van der Waals surface area (Å²) >= 11 is 0. The van der Waals surface area contributed by atoms with Gasteiger partial charge in [-0.3, -0.25) is 9.63 Å². The summed E-state index contributed by atoms with van der Waals surface area (Å²) in [6.07, 6.45) is 8.49. The van der Waals surface area contributed by atoms with E-state index in [0.717, 1.165) is 34.3 Å². The van der Waals surface area contributed by atoms with Gasteiger partial charge < -0.3 is 10.3 Å². The number of aromatic amines is 1. The lowest BCUT2D eigenvalue weighted by molar-refractivity contribution is 0.0254. The summed E-state index contributed by atoms with van der Waals surface area (Å²) < 4.78 is 0. The van der Waals surface area contributed by atoms with E-state index in [1.807, 2.05) is 24.3 Å². The molecule has 1 atom stereocenters. The lowest BCUT2D eigenvalue weighted by Gasteiger charge is -2.10. The van der Waals surface area contributed by atoms with Gasteiger partial charge in [0.1, 0.15) is 6.61 Å². The minimum Gasteiger partial charge on any atom is -0.354 e. The molecule has 3 heterocycles. The van der Waals surface area contributed by atoms with Crippen LogP contribution >= 0.6 is 0 Å². The Bertz CT molecular complexity index is 930. The average molecular weight is 349 g/mol. The molecule has 3 N–H and O–H groups in total. The van der Waals surface area contributed by atoms with E-state index in [1.165, 1.54) is 18.4 Å². The summed E-state index contributed by atoms with van der Waals surface area (Å²) in [6.45, 7) is 7.54. The highest BCUT2D eigenvalue weighted by Gasteiger charge is 2.23. The molecule has 1 aromatic carbocycles. The van der Waals surface area contributed by atoms with Crippen molar-refractivity contribution in [3.05, 3.63) is 65.4 Å². The molecule has 2 aromatic rings. The number of carbonyl (C=O) groups is 1. The molecule has 1 aromatic heterocycles. The molecule has 5 heteroatoms. The van der Waals surface area contributed by atoms with E-state index in [2.05, 4.69) is 41.4 Å². The standard InChI is InChI=1S/C21H23N3O2/c1-3-14(10-9-13(2)17-8-5-11-22-17)20-16-12-26-24-21(25)15-6-4-7-18(23-20)19(15)16/h3-4,6-7,9-10,17,22-23H,1,5,8,11-12H2,2H3,(H,24,25)/b13-9+,14-10+. The van der Waals surface area contributed by atoms with Crippen LogP contribution in [0.5, 0.6) is 0 Å². The molecule has 0 spiro atoms. The molecule has 1 fully saturated rings. The van der Waals surface area contributed by atoms with Crippen LogP contribution in [-0.4, -0.2) is 23.5 Å².